The van der Waals surface area contributed by atoms with Gasteiger partial charge in [0.15, 0.2) is 0 Å². The third-order valence-electron chi connectivity index (χ3n) is 4.09. The predicted octanol–water partition coefficient (Wildman–Crippen LogP) is 0.493. The lowest BCUT2D eigenvalue weighted by Gasteiger charge is -2.29. The van der Waals surface area contributed by atoms with Crippen LogP contribution in [0.4, 0.5) is 0 Å². The van der Waals surface area contributed by atoms with E-state index >= 15 is 0 Å². The van der Waals surface area contributed by atoms with E-state index < -0.39 is 5.60 Å². The zero-order valence-corrected chi connectivity index (χ0v) is 10.9. The highest BCUT2D eigenvalue weighted by molar-refractivity contribution is 5.26. The van der Waals surface area contributed by atoms with Crippen molar-refractivity contribution in [2.24, 2.45) is 0 Å². The maximum atomic E-state index is 11.3. The first-order valence-corrected chi connectivity index (χ1v) is 6.92. The van der Waals surface area contributed by atoms with Crippen LogP contribution in [0.15, 0.2) is 16.9 Å². The van der Waals surface area contributed by atoms with Gasteiger partial charge in [-0.15, -0.1) is 0 Å². The second-order valence-electron chi connectivity index (χ2n) is 5.61. The van der Waals surface area contributed by atoms with Crippen LogP contribution < -0.4 is 10.9 Å². The highest BCUT2D eigenvalue weighted by Gasteiger charge is 2.33. The highest BCUT2D eigenvalue weighted by Crippen LogP contribution is 2.28. The molecule has 104 valence electrons. The number of H-pyrrole nitrogens is 1. The normalized spacial score (nSPS) is 30.3. The van der Waals surface area contributed by atoms with Crippen molar-refractivity contribution in [2.75, 3.05) is 19.8 Å². The van der Waals surface area contributed by atoms with E-state index in [0.29, 0.717) is 26.2 Å². The van der Waals surface area contributed by atoms with Crippen molar-refractivity contribution in [3.63, 3.8) is 0 Å². The van der Waals surface area contributed by atoms with E-state index in [0.717, 1.165) is 30.5 Å². The molecule has 0 amide bonds. The number of ether oxygens (including phenoxy) is 1. The van der Waals surface area contributed by atoms with Crippen LogP contribution >= 0.6 is 0 Å². The molecule has 5 heteroatoms. The van der Waals surface area contributed by atoms with Gasteiger partial charge in [-0.2, -0.15) is 0 Å². The summed E-state index contributed by atoms with van der Waals surface area (Å²) >= 11 is 0. The molecular formula is C14H20N2O3. The summed E-state index contributed by atoms with van der Waals surface area (Å²) in [5, 5.41) is 13.7. The molecule has 3 rings (SSSR count). The van der Waals surface area contributed by atoms with Crippen LogP contribution in [-0.4, -0.2) is 35.5 Å². The lowest BCUT2D eigenvalue weighted by atomic mass is 9.90. The van der Waals surface area contributed by atoms with Crippen LogP contribution in [0.2, 0.25) is 0 Å². The van der Waals surface area contributed by atoms with Crippen LogP contribution in [0.3, 0.4) is 0 Å². The number of nitrogens with one attached hydrogen (secondary N) is 2. The monoisotopic (exact) mass is 264 g/mol. The Morgan fingerprint density at radius 2 is 2.42 bits per heavy atom. The first kappa shape index (κ1) is 12.8. The highest BCUT2D eigenvalue weighted by atomic mass is 16.5. The summed E-state index contributed by atoms with van der Waals surface area (Å²) in [6.45, 7) is 1.58. The summed E-state index contributed by atoms with van der Waals surface area (Å²) in [6.07, 6.45) is 3.71. The Hall–Kier alpha value is -1.17. The largest absolute Gasteiger partial charge is 0.386 e. The van der Waals surface area contributed by atoms with E-state index in [1.807, 2.05) is 6.07 Å². The van der Waals surface area contributed by atoms with Crippen molar-refractivity contribution in [2.45, 2.75) is 37.3 Å². The minimum Gasteiger partial charge on any atom is -0.386 e. The Bertz CT molecular complexity index is 506. The van der Waals surface area contributed by atoms with Crippen LogP contribution in [0.25, 0.3) is 0 Å². The SMILES string of the molecule is O=c1ccc2c([nH]1)CCCC2NCC1(O)CCOC1. The molecule has 19 heavy (non-hydrogen) atoms. The fourth-order valence-electron chi connectivity index (χ4n) is 2.96. The van der Waals surface area contributed by atoms with E-state index in [2.05, 4.69) is 10.3 Å². The Morgan fingerprint density at radius 3 is 3.21 bits per heavy atom. The predicted molar refractivity (Wildman–Crippen MR) is 71.1 cm³/mol. The molecule has 1 aliphatic heterocycles. The van der Waals surface area contributed by atoms with E-state index in [1.165, 1.54) is 0 Å². The number of fused-ring (bicyclic) bond motifs is 1. The minimum atomic E-state index is -0.736. The molecule has 0 bridgehead atoms. The first-order chi connectivity index (χ1) is 9.16. The van der Waals surface area contributed by atoms with Crippen molar-refractivity contribution in [3.05, 3.63) is 33.7 Å². The number of pyridine rings is 1. The van der Waals surface area contributed by atoms with Gasteiger partial charge in [0.25, 0.3) is 0 Å². The molecule has 1 aromatic heterocycles. The maximum Gasteiger partial charge on any atom is 0.248 e. The molecule has 2 unspecified atom stereocenters. The lowest BCUT2D eigenvalue weighted by Crippen LogP contribution is -2.43. The van der Waals surface area contributed by atoms with E-state index in [1.54, 1.807) is 6.07 Å². The van der Waals surface area contributed by atoms with Gasteiger partial charge in [0.1, 0.15) is 5.60 Å². The number of rotatable bonds is 3. The second-order valence-corrected chi connectivity index (χ2v) is 5.61. The molecule has 0 spiro atoms. The Balaban J connectivity index is 1.71. The van der Waals surface area contributed by atoms with Crippen molar-refractivity contribution in [1.82, 2.24) is 10.3 Å². The molecule has 3 N–H and O–H groups in total. The maximum absolute atomic E-state index is 11.3. The number of hydrogen-bond acceptors (Lipinski definition) is 4. The van der Waals surface area contributed by atoms with Crippen LogP contribution in [0.5, 0.6) is 0 Å². The fraction of sp³-hybridized carbons (Fsp3) is 0.643. The zero-order valence-electron chi connectivity index (χ0n) is 10.9. The van der Waals surface area contributed by atoms with Crippen molar-refractivity contribution < 1.29 is 9.84 Å². The van der Waals surface area contributed by atoms with E-state index in [4.69, 9.17) is 4.74 Å². The number of aliphatic hydroxyl groups is 1. The van der Waals surface area contributed by atoms with Crippen molar-refractivity contribution in [3.8, 4) is 0 Å². The number of aromatic amines is 1. The summed E-state index contributed by atoms with van der Waals surface area (Å²) in [5.74, 6) is 0. The average Bonchev–Trinajstić information content (AvgIpc) is 2.83. The summed E-state index contributed by atoms with van der Waals surface area (Å²) in [5.41, 5.74) is 1.42. The third-order valence-corrected chi connectivity index (χ3v) is 4.09. The number of aromatic nitrogens is 1. The van der Waals surface area contributed by atoms with Gasteiger partial charge in [0.05, 0.1) is 6.61 Å². The Kier molecular flexibility index (Phi) is 3.43. The van der Waals surface area contributed by atoms with Crippen LogP contribution in [0.1, 0.15) is 36.6 Å². The van der Waals surface area contributed by atoms with Crippen LogP contribution in [0, 0.1) is 0 Å². The van der Waals surface area contributed by atoms with Gasteiger partial charge in [-0.25, -0.2) is 0 Å². The lowest BCUT2D eigenvalue weighted by molar-refractivity contribution is 0.0243. The molecule has 2 atom stereocenters. The van der Waals surface area contributed by atoms with Gasteiger partial charge >= 0.3 is 0 Å². The van der Waals surface area contributed by atoms with E-state index in [9.17, 15) is 9.90 Å². The smallest absolute Gasteiger partial charge is 0.248 e. The summed E-state index contributed by atoms with van der Waals surface area (Å²) < 4.78 is 5.25. The van der Waals surface area contributed by atoms with Gasteiger partial charge in [-0.3, -0.25) is 4.79 Å². The summed E-state index contributed by atoms with van der Waals surface area (Å²) in [7, 11) is 0. The quantitative estimate of drug-likeness (QED) is 0.743. The standard InChI is InChI=1S/C14H20N2O3/c17-13-5-4-10-11(2-1-3-12(10)16-13)15-8-14(18)6-7-19-9-14/h4-5,11,15,18H,1-3,6-9H2,(H,16,17). The fourth-order valence-corrected chi connectivity index (χ4v) is 2.96. The summed E-state index contributed by atoms with van der Waals surface area (Å²) in [6, 6.07) is 3.69. The van der Waals surface area contributed by atoms with Gasteiger partial charge in [0.2, 0.25) is 5.56 Å². The second kappa shape index (κ2) is 5.07. The van der Waals surface area contributed by atoms with Crippen molar-refractivity contribution in [1.29, 1.82) is 0 Å². The molecule has 1 fully saturated rings. The van der Waals surface area contributed by atoms with Gasteiger partial charge in [-0.1, -0.05) is 6.07 Å². The van der Waals surface area contributed by atoms with Gasteiger partial charge in [-0.05, 0) is 24.8 Å². The molecular weight excluding hydrogens is 244 g/mol. The van der Waals surface area contributed by atoms with Gasteiger partial charge in [0, 0.05) is 37.4 Å². The average molecular weight is 264 g/mol. The number of aryl methyl sites for hydroxylation is 1. The van der Waals surface area contributed by atoms with E-state index in [-0.39, 0.29) is 11.6 Å². The van der Waals surface area contributed by atoms with Crippen LogP contribution in [-0.2, 0) is 11.2 Å². The molecule has 1 aromatic rings. The molecule has 2 heterocycles. The molecule has 0 radical (unpaired) electrons. The minimum absolute atomic E-state index is 0.0396. The molecule has 1 aliphatic carbocycles. The number of hydrogen-bond donors (Lipinski definition) is 3. The molecule has 2 aliphatic rings. The third kappa shape index (κ3) is 2.73. The Labute approximate surface area is 112 Å². The van der Waals surface area contributed by atoms with Crippen molar-refractivity contribution >= 4 is 0 Å². The molecule has 0 saturated carbocycles. The van der Waals surface area contributed by atoms with Gasteiger partial charge < -0.3 is 20.1 Å². The molecule has 5 nitrogen and oxygen atoms in total. The zero-order chi connectivity index (χ0) is 13.3. The molecule has 1 saturated heterocycles. The summed E-state index contributed by atoms with van der Waals surface area (Å²) in [4.78, 5) is 14.2. The molecule has 0 aromatic carbocycles. The first-order valence-electron chi connectivity index (χ1n) is 6.92. The topological polar surface area (TPSA) is 74.4 Å². The Morgan fingerprint density at radius 1 is 1.53 bits per heavy atom.